The van der Waals surface area contributed by atoms with Crippen molar-refractivity contribution in [3.8, 4) is 11.1 Å². The van der Waals surface area contributed by atoms with Crippen molar-refractivity contribution in [1.82, 2.24) is 20.2 Å². The maximum atomic E-state index is 12.5. The predicted octanol–water partition coefficient (Wildman–Crippen LogP) is 5.42. The van der Waals surface area contributed by atoms with E-state index in [1.807, 2.05) is 30.5 Å². The van der Waals surface area contributed by atoms with E-state index in [9.17, 15) is 4.79 Å². The van der Waals surface area contributed by atoms with Crippen LogP contribution in [0.25, 0.3) is 22.0 Å². The zero-order valence-electron chi connectivity index (χ0n) is 20.9. The van der Waals surface area contributed by atoms with Crippen molar-refractivity contribution in [2.24, 2.45) is 0 Å². The van der Waals surface area contributed by atoms with Crippen LogP contribution >= 0.6 is 0 Å². The standard InChI is InChI=1S/C28H37N5O/c1-5-33(6-2)15-7-8-20(4)30-28-29-18-23-16-21(11-14-26(23)32-28)25-17-22(10-9-19(25)3)27(34)31-24-12-13-24/h9-11,14,16-18,20,24H,5-8,12-13,15H2,1-4H3,(H,31,34)(H,29,30,32). The Labute approximate surface area is 203 Å². The molecule has 6 heteroatoms. The molecule has 1 fully saturated rings. The maximum Gasteiger partial charge on any atom is 0.251 e. The largest absolute Gasteiger partial charge is 0.352 e. The SMILES string of the molecule is CCN(CC)CCCC(C)Nc1ncc2cc(-c3cc(C(=O)NC4CC4)ccc3C)ccc2n1. The lowest BCUT2D eigenvalue weighted by molar-refractivity contribution is 0.0951. The second-order valence-electron chi connectivity index (χ2n) is 9.46. The predicted molar refractivity (Wildman–Crippen MR) is 140 cm³/mol. The number of fused-ring (bicyclic) bond motifs is 1. The minimum Gasteiger partial charge on any atom is -0.352 e. The van der Waals surface area contributed by atoms with Gasteiger partial charge in [0.25, 0.3) is 5.91 Å². The summed E-state index contributed by atoms with van der Waals surface area (Å²) in [5, 5.41) is 7.52. The summed E-state index contributed by atoms with van der Waals surface area (Å²) < 4.78 is 0. The fourth-order valence-electron chi connectivity index (χ4n) is 4.29. The lowest BCUT2D eigenvalue weighted by Gasteiger charge is -2.19. The molecule has 4 rings (SSSR count). The Morgan fingerprint density at radius 2 is 1.94 bits per heavy atom. The third-order valence-corrected chi connectivity index (χ3v) is 6.68. The van der Waals surface area contributed by atoms with E-state index in [4.69, 9.17) is 4.98 Å². The number of rotatable bonds is 11. The Bertz CT molecular complexity index is 1140. The molecule has 1 aromatic heterocycles. The van der Waals surface area contributed by atoms with E-state index in [1.165, 1.54) is 0 Å². The highest BCUT2D eigenvalue weighted by atomic mass is 16.1. The van der Waals surface area contributed by atoms with Gasteiger partial charge >= 0.3 is 0 Å². The molecule has 34 heavy (non-hydrogen) atoms. The molecule has 0 spiro atoms. The monoisotopic (exact) mass is 459 g/mol. The Morgan fingerprint density at radius 1 is 1.15 bits per heavy atom. The van der Waals surface area contributed by atoms with Crippen molar-refractivity contribution >= 4 is 22.8 Å². The van der Waals surface area contributed by atoms with E-state index in [2.05, 4.69) is 60.3 Å². The van der Waals surface area contributed by atoms with E-state index >= 15 is 0 Å². The van der Waals surface area contributed by atoms with Gasteiger partial charge in [0.1, 0.15) is 0 Å². The van der Waals surface area contributed by atoms with Gasteiger partial charge in [-0.05, 0) is 100 Å². The zero-order chi connectivity index (χ0) is 24.1. The molecule has 3 aromatic rings. The van der Waals surface area contributed by atoms with Crippen molar-refractivity contribution in [3.05, 3.63) is 53.7 Å². The molecular weight excluding hydrogens is 422 g/mol. The van der Waals surface area contributed by atoms with Gasteiger partial charge in [-0.25, -0.2) is 9.97 Å². The molecule has 1 amide bonds. The van der Waals surface area contributed by atoms with Crippen LogP contribution < -0.4 is 10.6 Å². The molecule has 1 saturated carbocycles. The summed E-state index contributed by atoms with van der Waals surface area (Å²) in [6.07, 6.45) is 6.29. The first kappa shape index (κ1) is 24.1. The number of carbonyl (C=O) groups is 1. The topological polar surface area (TPSA) is 70.2 Å². The number of hydrogen-bond acceptors (Lipinski definition) is 5. The molecule has 0 saturated heterocycles. The highest BCUT2D eigenvalue weighted by Crippen LogP contribution is 2.28. The molecule has 1 aliphatic carbocycles. The fraction of sp³-hybridized carbons (Fsp3) is 0.464. The smallest absolute Gasteiger partial charge is 0.251 e. The van der Waals surface area contributed by atoms with E-state index in [0.29, 0.717) is 23.6 Å². The Morgan fingerprint density at radius 3 is 2.68 bits per heavy atom. The number of nitrogens with one attached hydrogen (secondary N) is 2. The zero-order valence-corrected chi connectivity index (χ0v) is 20.9. The molecule has 180 valence electrons. The van der Waals surface area contributed by atoms with Crippen LogP contribution in [0.1, 0.15) is 62.4 Å². The van der Waals surface area contributed by atoms with Gasteiger partial charge in [-0.1, -0.05) is 26.0 Å². The van der Waals surface area contributed by atoms with E-state index in [1.54, 1.807) is 0 Å². The van der Waals surface area contributed by atoms with Crippen molar-refractivity contribution < 1.29 is 4.79 Å². The first-order valence-corrected chi connectivity index (χ1v) is 12.6. The van der Waals surface area contributed by atoms with Gasteiger partial charge in [-0.2, -0.15) is 0 Å². The summed E-state index contributed by atoms with van der Waals surface area (Å²) in [6.45, 7) is 12.0. The van der Waals surface area contributed by atoms with Crippen LogP contribution in [-0.4, -0.2) is 52.5 Å². The van der Waals surface area contributed by atoms with Gasteiger partial charge in [-0.15, -0.1) is 0 Å². The van der Waals surface area contributed by atoms with E-state index < -0.39 is 0 Å². The van der Waals surface area contributed by atoms with E-state index in [-0.39, 0.29) is 5.91 Å². The van der Waals surface area contributed by atoms with Crippen LogP contribution in [0.15, 0.2) is 42.6 Å². The molecule has 6 nitrogen and oxygen atoms in total. The van der Waals surface area contributed by atoms with Gasteiger partial charge in [-0.3, -0.25) is 4.79 Å². The van der Waals surface area contributed by atoms with Crippen molar-refractivity contribution in [2.75, 3.05) is 25.0 Å². The van der Waals surface area contributed by atoms with Crippen molar-refractivity contribution in [1.29, 1.82) is 0 Å². The molecule has 1 aliphatic rings. The third kappa shape index (κ3) is 6.11. The van der Waals surface area contributed by atoms with Gasteiger partial charge in [0.15, 0.2) is 0 Å². The van der Waals surface area contributed by atoms with Crippen LogP contribution in [0.4, 0.5) is 5.95 Å². The lowest BCUT2D eigenvalue weighted by Crippen LogP contribution is -2.25. The average Bonchev–Trinajstić information content (AvgIpc) is 3.66. The summed E-state index contributed by atoms with van der Waals surface area (Å²) in [5.41, 5.74) is 4.89. The van der Waals surface area contributed by atoms with Gasteiger partial charge in [0.2, 0.25) is 5.95 Å². The van der Waals surface area contributed by atoms with Crippen LogP contribution in [0, 0.1) is 6.92 Å². The first-order valence-electron chi connectivity index (χ1n) is 12.6. The summed E-state index contributed by atoms with van der Waals surface area (Å²) in [4.78, 5) is 24.3. The second kappa shape index (κ2) is 11.0. The molecule has 0 radical (unpaired) electrons. The summed E-state index contributed by atoms with van der Waals surface area (Å²) in [5.74, 6) is 0.681. The number of aromatic nitrogens is 2. The number of amides is 1. The lowest BCUT2D eigenvalue weighted by atomic mass is 9.97. The van der Waals surface area contributed by atoms with Gasteiger partial charge < -0.3 is 15.5 Å². The van der Waals surface area contributed by atoms with Crippen LogP contribution in [0.2, 0.25) is 0 Å². The number of aryl methyl sites for hydroxylation is 1. The Balaban J connectivity index is 1.45. The highest BCUT2D eigenvalue weighted by molar-refractivity contribution is 5.96. The Hall–Kier alpha value is -2.99. The minimum atomic E-state index is 0.00908. The molecule has 1 heterocycles. The quantitative estimate of drug-likeness (QED) is 0.401. The molecule has 2 N–H and O–H groups in total. The molecule has 0 aliphatic heterocycles. The minimum absolute atomic E-state index is 0.00908. The maximum absolute atomic E-state index is 12.5. The summed E-state index contributed by atoms with van der Waals surface area (Å²) >= 11 is 0. The molecule has 2 aromatic carbocycles. The average molecular weight is 460 g/mol. The molecule has 1 unspecified atom stereocenters. The number of hydrogen-bond donors (Lipinski definition) is 2. The van der Waals surface area contributed by atoms with E-state index in [0.717, 1.165) is 72.9 Å². The van der Waals surface area contributed by atoms with Crippen LogP contribution in [0.5, 0.6) is 0 Å². The second-order valence-corrected chi connectivity index (χ2v) is 9.46. The Kier molecular flexibility index (Phi) is 7.78. The molecule has 1 atom stereocenters. The number of anilines is 1. The fourth-order valence-corrected chi connectivity index (χ4v) is 4.29. The molecule has 0 bridgehead atoms. The van der Waals surface area contributed by atoms with Gasteiger partial charge in [0, 0.05) is 29.2 Å². The number of benzene rings is 2. The third-order valence-electron chi connectivity index (χ3n) is 6.68. The normalized spacial score (nSPS) is 14.4. The van der Waals surface area contributed by atoms with Crippen LogP contribution in [-0.2, 0) is 0 Å². The van der Waals surface area contributed by atoms with Crippen molar-refractivity contribution in [2.45, 2.75) is 65.5 Å². The van der Waals surface area contributed by atoms with Crippen molar-refractivity contribution in [3.63, 3.8) is 0 Å². The van der Waals surface area contributed by atoms with Gasteiger partial charge in [0.05, 0.1) is 5.52 Å². The summed E-state index contributed by atoms with van der Waals surface area (Å²) in [7, 11) is 0. The highest BCUT2D eigenvalue weighted by Gasteiger charge is 2.24. The number of nitrogens with zero attached hydrogens (tertiary/aromatic N) is 3. The first-order chi connectivity index (χ1) is 16.5. The summed E-state index contributed by atoms with van der Waals surface area (Å²) in [6, 6.07) is 12.8. The number of carbonyl (C=O) groups excluding carboxylic acids is 1. The molecular formula is C28H37N5O. The van der Waals surface area contributed by atoms with Crippen LogP contribution in [0.3, 0.4) is 0 Å².